The number of rotatable bonds is 2. The van der Waals surface area contributed by atoms with Gasteiger partial charge in [-0.2, -0.15) is 4.98 Å². The summed E-state index contributed by atoms with van der Waals surface area (Å²) in [7, 11) is 0. The van der Waals surface area contributed by atoms with Crippen LogP contribution in [0, 0.1) is 18.6 Å². The number of aryl methyl sites for hydroxylation is 1. The summed E-state index contributed by atoms with van der Waals surface area (Å²) in [5, 5.41) is 4.35. The van der Waals surface area contributed by atoms with Crippen LogP contribution in [0.15, 0.2) is 27.2 Å². The molecule has 0 unspecified atom stereocenters. The van der Waals surface area contributed by atoms with E-state index in [1.165, 1.54) is 17.4 Å². The zero-order valence-electron chi connectivity index (χ0n) is 10.7. The number of halogens is 3. The molecular weight excluding hydrogens is 364 g/mol. The van der Waals surface area contributed by atoms with Crippen LogP contribution in [0.25, 0.3) is 22.8 Å². The molecule has 0 aliphatic rings. The highest BCUT2D eigenvalue weighted by Crippen LogP contribution is 2.35. The van der Waals surface area contributed by atoms with Crippen LogP contribution in [0.4, 0.5) is 13.8 Å². The first-order chi connectivity index (χ1) is 9.97. The van der Waals surface area contributed by atoms with Crippen LogP contribution in [0.2, 0.25) is 0 Å². The fraction of sp³-hybridized carbons (Fsp3) is 0.0769. The molecule has 4 nitrogen and oxygen atoms in total. The molecule has 0 fully saturated rings. The highest BCUT2D eigenvalue weighted by Gasteiger charge is 2.19. The van der Waals surface area contributed by atoms with E-state index in [-0.39, 0.29) is 16.2 Å². The third-order valence-corrected chi connectivity index (χ3v) is 4.47. The monoisotopic (exact) mass is 371 g/mol. The molecule has 3 aromatic rings. The number of thiophene rings is 1. The lowest BCUT2D eigenvalue weighted by Gasteiger charge is -2.00. The van der Waals surface area contributed by atoms with Gasteiger partial charge in [-0.3, -0.25) is 0 Å². The molecule has 21 heavy (non-hydrogen) atoms. The fourth-order valence-electron chi connectivity index (χ4n) is 1.84. The summed E-state index contributed by atoms with van der Waals surface area (Å²) in [5.74, 6) is -1.56. The van der Waals surface area contributed by atoms with E-state index < -0.39 is 11.6 Å². The van der Waals surface area contributed by atoms with E-state index in [0.29, 0.717) is 16.1 Å². The Morgan fingerprint density at radius 3 is 2.71 bits per heavy atom. The van der Waals surface area contributed by atoms with Crippen LogP contribution in [-0.2, 0) is 0 Å². The quantitative estimate of drug-likeness (QED) is 0.678. The smallest absolute Gasteiger partial charge is 0.261 e. The lowest BCUT2D eigenvalue weighted by Crippen LogP contribution is -1.90. The molecule has 3 rings (SSSR count). The van der Waals surface area contributed by atoms with E-state index in [1.54, 1.807) is 0 Å². The molecule has 0 spiro atoms. The Kier molecular flexibility index (Phi) is 3.50. The second-order valence-corrected chi connectivity index (χ2v) is 6.36. The van der Waals surface area contributed by atoms with Crippen LogP contribution in [0.5, 0.6) is 0 Å². The van der Waals surface area contributed by atoms with Crippen molar-refractivity contribution < 1.29 is 13.3 Å². The summed E-state index contributed by atoms with van der Waals surface area (Å²) in [5.41, 5.74) is 6.80. The zero-order chi connectivity index (χ0) is 15.1. The van der Waals surface area contributed by atoms with Gasteiger partial charge in [-0.05, 0) is 41.1 Å². The van der Waals surface area contributed by atoms with Gasteiger partial charge < -0.3 is 10.3 Å². The standard InChI is InChI=1S/C13H8BrF2N3OS/c1-5-4-7(11(17)21-5)13-18-12(19-20-13)6-2-3-8(15)10(16)9(6)14/h2-4H,17H2,1H3. The predicted molar refractivity (Wildman–Crippen MR) is 79.8 cm³/mol. The molecular formula is C13H8BrF2N3OS. The van der Waals surface area contributed by atoms with E-state index in [2.05, 4.69) is 26.1 Å². The summed E-state index contributed by atoms with van der Waals surface area (Å²) in [4.78, 5) is 5.20. The molecule has 0 amide bonds. The van der Waals surface area contributed by atoms with Gasteiger partial charge in [0.15, 0.2) is 11.6 Å². The average Bonchev–Trinajstić information content (AvgIpc) is 3.03. The summed E-state index contributed by atoms with van der Waals surface area (Å²) in [6.07, 6.45) is 0. The number of benzene rings is 1. The van der Waals surface area contributed by atoms with Crippen LogP contribution in [0.3, 0.4) is 0 Å². The van der Waals surface area contributed by atoms with E-state index in [1.807, 2.05) is 13.0 Å². The minimum Gasteiger partial charge on any atom is -0.390 e. The van der Waals surface area contributed by atoms with Crippen molar-refractivity contribution in [2.24, 2.45) is 0 Å². The molecule has 0 saturated heterocycles. The van der Waals surface area contributed by atoms with Gasteiger partial charge in [0.2, 0.25) is 5.82 Å². The van der Waals surface area contributed by atoms with Crippen molar-refractivity contribution in [1.29, 1.82) is 0 Å². The number of anilines is 1. The first-order valence-electron chi connectivity index (χ1n) is 5.81. The van der Waals surface area contributed by atoms with Gasteiger partial charge in [-0.1, -0.05) is 5.16 Å². The number of nitrogen functional groups attached to an aromatic ring is 1. The first-order valence-corrected chi connectivity index (χ1v) is 7.42. The van der Waals surface area contributed by atoms with Gasteiger partial charge in [-0.15, -0.1) is 11.3 Å². The second kappa shape index (κ2) is 5.19. The maximum atomic E-state index is 13.5. The Bertz CT molecular complexity index is 831. The highest BCUT2D eigenvalue weighted by atomic mass is 79.9. The average molecular weight is 372 g/mol. The van der Waals surface area contributed by atoms with Gasteiger partial charge in [-0.25, -0.2) is 8.78 Å². The van der Waals surface area contributed by atoms with Gasteiger partial charge in [0, 0.05) is 10.4 Å². The lowest BCUT2D eigenvalue weighted by molar-refractivity contribution is 0.432. The minimum atomic E-state index is -0.996. The largest absolute Gasteiger partial charge is 0.390 e. The van der Waals surface area contributed by atoms with E-state index in [4.69, 9.17) is 10.3 Å². The van der Waals surface area contributed by atoms with Crippen molar-refractivity contribution in [3.05, 3.63) is 39.2 Å². The van der Waals surface area contributed by atoms with Crippen LogP contribution in [0.1, 0.15) is 4.88 Å². The molecule has 2 aromatic heterocycles. The van der Waals surface area contributed by atoms with E-state index in [9.17, 15) is 8.78 Å². The van der Waals surface area contributed by atoms with Crippen molar-refractivity contribution in [2.75, 3.05) is 5.73 Å². The molecule has 0 saturated carbocycles. The van der Waals surface area contributed by atoms with Gasteiger partial charge in [0.05, 0.1) is 15.0 Å². The minimum absolute atomic E-state index is 0.0516. The van der Waals surface area contributed by atoms with E-state index in [0.717, 1.165) is 10.9 Å². The molecule has 2 N–H and O–H groups in total. The third-order valence-electron chi connectivity index (χ3n) is 2.82. The Balaban J connectivity index is 2.07. The number of hydrogen-bond donors (Lipinski definition) is 1. The van der Waals surface area contributed by atoms with E-state index >= 15 is 0 Å². The van der Waals surface area contributed by atoms with Crippen molar-refractivity contribution in [3.63, 3.8) is 0 Å². The highest BCUT2D eigenvalue weighted by molar-refractivity contribution is 9.10. The Labute approximate surface area is 130 Å². The Hall–Kier alpha value is -1.80. The first kappa shape index (κ1) is 14.2. The summed E-state index contributed by atoms with van der Waals surface area (Å²) in [6.45, 7) is 1.91. The second-order valence-electron chi connectivity index (χ2n) is 4.28. The molecule has 0 atom stereocenters. The number of aromatic nitrogens is 2. The molecule has 8 heteroatoms. The van der Waals surface area contributed by atoms with Gasteiger partial charge in [0.1, 0.15) is 0 Å². The molecule has 0 aliphatic carbocycles. The number of nitrogens with zero attached hydrogens (tertiary/aromatic N) is 2. The summed E-state index contributed by atoms with van der Waals surface area (Å²) in [6, 6.07) is 4.21. The molecule has 0 bridgehead atoms. The fourth-order valence-corrected chi connectivity index (χ4v) is 3.12. The number of hydrogen-bond acceptors (Lipinski definition) is 5. The normalized spacial score (nSPS) is 11.0. The topological polar surface area (TPSA) is 64.9 Å². The van der Waals surface area contributed by atoms with Gasteiger partial charge in [0.25, 0.3) is 5.89 Å². The third kappa shape index (κ3) is 2.44. The maximum Gasteiger partial charge on any atom is 0.261 e. The van der Waals surface area contributed by atoms with Crippen molar-refractivity contribution in [1.82, 2.24) is 10.1 Å². The molecule has 2 heterocycles. The zero-order valence-corrected chi connectivity index (χ0v) is 13.1. The number of nitrogens with two attached hydrogens (primary N) is 1. The summed E-state index contributed by atoms with van der Waals surface area (Å²) < 4.78 is 31.8. The summed E-state index contributed by atoms with van der Waals surface area (Å²) >= 11 is 4.40. The maximum absolute atomic E-state index is 13.5. The molecule has 0 aliphatic heterocycles. The van der Waals surface area contributed by atoms with Crippen molar-refractivity contribution >= 4 is 32.3 Å². The lowest BCUT2D eigenvalue weighted by atomic mass is 10.2. The van der Waals surface area contributed by atoms with Gasteiger partial charge >= 0.3 is 0 Å². The molecule has 0 radical (unpaired) electrons. The van der Waals surface area contributed by atoms with Crippen molar-refractivity contribution in [3.8, 4) is 22.8 Å². The van der Waals surface area contributed by atoms with Crippen LogP contribution in [-0.4, -0.2) is 10.1 Å². The molecule has 108 valence electrons. The van der Waals surface area contributed by atoms with Crippen LogP contribution < -0.4 is 5.73 Å². The SMILES string of the molecule is Cc1cc(-c2nc(-c3ccc(F)c(F)c3Br)no2)c(N)s1. The van der Waals surface area contributed by atoms with Crippen LogP contribution >= 0.6 is 27.3 Å². The van der Waals surface area contributed by atoms with Crippen molar-refractivity contribution in [2.45, 2.75) is 6.92 Å². The Morgan fingerprint density at radius 1 is 1.29 bits per heavy atom. The molecule has 1 aromatic carbocycles. The predicted octanol–water partition coefficient (Wildman–Crippen LogP) is 4.40. The Morgan fingerprint density at radius 2 is 2.05 bits per heavy atom.